The molecule has 3 N–H and O–H groups in total. The molecule has 0 aromatic heterocycles. The molecule has 6 heteroatoms. The van der Waals surface area contributed by atoms with Crippen molar-refractivity contribution < 1.29 is 19.6 Å². The van der Waals surface area contributed by atoms with Crippen molar-refractivity contribution in [3.05, 3.63) is 23.8 Å². The first-order chi connectivity index (χ1) is 8.30. The third kappa shape index (κ3) is 2.21. The zero-order chi connectivity index (χ0) is 13.5. The summed E-state index contributed by atoms with van der Waals surface area (Å²) in [5.41, 5.74) is 0.519. The van der Waals surface area contributed by atoms with E-state index in [2.05, 4.69) is 5.32 Å². The first kappa shape index (κ1) is 12.9. The Bertz CT molecular complexity index is 481. The molecule has 2 rings (SSSR count). The average Bonchev–Trinajstić information content (AvgIpc) is 2.70. The Morgan fingerprint density at radius 2 is 2.06 bits per heavy atom. The van der Waals surface area contributed by atoms with Crippen molar-refractivity contribution in [1.82, 2.24) is 0 Å². The van der Waals surface area contributed by atoms with Crippen LogP contribution in [0.15, 0.2) is 18.2 Å². The van der Waals surface area contributed by atoms with Crippen LogP contribution < -0.4 is 10.1 Å². The molecule has 96 valence electrons. The summed E-state index contributed by atoms with van der Waals surface area (Å²) in [7, 11) is -1.64. The number of ketones is 1. The fourth-order valence-corrected chi connectivity index (χ4v) is 1.82. The summed E-state index contributed by atoms with van der Waals surface area (Å²) in [6.45, 7) is 5.51. The van der Waals surface area contributed by atoms with Crippen LogP contribution in [-0.4, -0.2) is 29.1 Å². The summed E-state index contributed by atoms with van der Waals surface area (Å²) in [6, 6.07) is 5.10. The maximum absolute atomic E-state index is 12.3. The lowest BCUT2D eigenvalue weighted by atomic mass is 9.85. The molecule has 1 aliphatic heterocycles. The average molecular weight is 249 g/mol. The molecule has 1 aromatic carbocycles. The maximum Gasteiger partial charge on any atom is 0.517 e. The van der Waals surface area contributed by atoms with Gasteiger partial charge in [-0.25, -0.2) is 0 Å². The van der Waals surface area contributed by atoms with Gasteiger partial charge in [-0.15, -0.1) is 0 Å². The van der Waals surface area contributed by atoms with Gasteiger partial charge in [-0.2, -0.15) is 0 Å². The first-order valence-electron chi connectivity index (χ1n) is 5.78. The standard InChI is InChI=1S/C12H16BNO4/c1-12(2,3)10(15)7-5-4-6-8-9(7)14-11(18-8)13(16)17/h4-6,11,14,16-17H,1-3H3. The minimum absolute atomic E-state index is 0.0245. The van der Waals surface area contributed by atoms with Gasteiger partial charge >= 0.3 is 7.12 Å². The molecule has 0 saturated carbocycles. The van der Waals surface area contributed by atoms with Gasteiger partial charge in [0.25, 0.3) is 0 Å². The molecule has 0 aliphatic carbocycles. The predicted octanol–water partition coefficient (Wildman–Crippen LogP) is 1.06. The van der Waals surface area contributed by atoms with E-state index in [-0.39, 0.29) is 5.78 Å². The number of rotatable bonds is 2. The number of para-hydroxylation sites is 1. The van der Waals surface area contributed by atoms with Crippen LogP contribution >= 0.6 is 0 Å². The van der Waals surface area contributed by atoms with Crippen molar-refractivity contribution >= 4 is 18.6 Å². The summed E-state index contributed by atoms with van der Waals surface area (Å²) < 4.78 is 5.31. The fraction of sp³-hybridized carbons (Fsp3) is 0.417. The number of Topliss-reactive ketones (excluding diaryl/α,β-unsaturated/α-hetero) is 1. The van der Waals surface area contributed by atoms with Crippen molar-refractivity contribution in [1.29, 1.82) is 0 Å². The van der Waals surface area contributed by atoms with E-state index in [0.29, 0.717) is 17.0 Å². The highest BCUT2D eigenvalue weighted by atomic mass is 16.5. The SMILES string of the molecule is CC(C)(C)C(=O)c1cccc2c1NC(B(O)O)O2. The van der Waals surface area contributed by atoms with E-state index < -0.39 is 18.7 Å². The Morgan fingerprint density at radius 3 is 2.61 bits per heavy atom. The lowest BCUT2D eigenvalue weighted by Gasteiger charge is -2.18. The summed E-state index contributed by atoms with van der Waals surface area (Å²) >= 11 is 0. The molecule has 0 amide bonds. The van der Waals surface area contributed by atoms with Crippen LogP contribution in [-0.2, 0) is 0 Å². The third-order valence-corrected chi connectivity index (χ3v) is 2.76. The van der Waals surface area contributed by atoms with E-state index in [1.54, 1.807) is 18.2 Å². The second kappa shape index (κ2) is 4.30. The molecule has 0 fully saturated rings. The Balaban J connectivity index is 2.38. The smallest absolute Gasteiger partial charge is 0.470 e. The van der Waals surface area contributed by atoms with E-state index in [0.717, 1.165) is 0 Å². The second-order valence-electron chi connectivity index (χ2n) is 5.35. The third-order valence-electron chi connectivity index (χ3n) is 2.76. The maximum atomic E-state index is 12.3. The second-order valence-corrected chi connectivity index (χ2v) is 5.35. The van der Waals surface area contributed by atoms with Gasteiger partial charge in [-0.3, -0.25) is 4.79 Å². The lowest BCUT2D eigenvalue weighted by molar-refractivity contribution is 0.0859. The summed E-state index contributed by atoms with van der Waals surface area (Å²) in [5.74, 6) is 0.437. The summed E-state index contributed by atoms with van der Waals surface area (Å²) in [6.07, 6.45) is -0.936. The van der Waals surface area contributed by atoms with Gasteiger partial charge in [-0.05, 0) is 12.1 Å². The van der Waals surface area contributed by atoms with Crippen LogP contribution in [0.3, 0.4) is 0 Å². The molecule has 0 radical (unpaired) electrons. The van der Waals surface area contributed by atoms with Crippen LogP contribution in [0.25, 0.3) is 0 Å². The van der Waals surface area contributed by atoms with Gasteiger partial charge in [-0.1, -0.05) is 26.8 Å². The van der Waals surface area contributed by atoms with Crippen LogP contribution in [0.5, 0.6) is 5.75 Å². The zero-order valence-electron chi connectivity index (χ0n) is 10.6. The van der Waals surface area contributed by atoms with Crippen molar-refractivity contribution in [2.24, 2.45) is 5.41 Å². The summed E-state index contributed by atoms with van der Waals surface area (Å²) in [5, 5.41) is 21.0. The molecule has 1 aliphatic rings. The highest BCUT2D eigenvalue weighted by molar-refractivity contribution is 6.43. The molecule has 0 spiro atoms. The van der Waals surface area contributed by atoms with Crippen molar-refractivity contribution in [2.75, 3.05) is 5.32 Å². The van der Waals surface area contributed by atoms with Gasteiger partial charge in [0.2, 0.25) is 6.13 Å². The lowest BCUT2D eigenvalue weighted by Crippen LogP contribution is -2.39. The van der Waals surface area contributed by atoms with Crippen LogP contribution in [0, 0.1) is 5.41 Å². The predicted molar refractivity (Wildman–Crippen MR) is 68.5 cm³/mol. The number of benzene rings is 1. The van der Waals surface area contributed by atoms with Gasteiger partial charge in [0.1, 0.15) is 5.75 Å². The van der Waals surface area contributed by atoms with Crippen molar-refractivity contribution in [2.45, 2.75) is 26.9 Å². The van der Waals surface area contributed by atoms with Crippen LogP contribution in [0.2, 0.25) is 0 Å². The molecule has 1 unspecified atom stereocenters. The minimum atomic E-state index is -1.64. The molecular weight excluding hydrogens is 233 g/mol. The number of hydrogen-bond acceptors (Lipinski definition) is 5. The number of anilines is 1. The van der Waals surface area contributed by atoms with E-state index in [1.807, 2.05) is 20.8 Å². The number of nitrogens with one attached hydrogen (secondary N) is 1. The first-order valence-corrected chi connectivity index (χ1v) is 5.78. The monoisotopic (exact) mass is 249 g/mol. The van der Waals surface area contributed by atoms with E-state index >= 15 is 0 Å². The number of fused-ring (bicyclic) bond motifs is 1. The molecule has 0 saturated heterocycles. The fourth-order valence-electron chi connectivity index (χ4n) is 1.82. The van der Waals surface area contributed by atoms with Gasteiger partial charge in [0, 0.05) is 11.0 Å². The number of carbonyl (C=O) groups excluding carboxylic acids is 1. The highest BCUT2D eigenvalue weighted by Crippen LogP contribution is 2.37. The number of hydrogen-bond donors (Lipinski definition) is 3. The van der Waals surface area contributed by atoms with E-state index in [4.69, 9.17) is 14.8 Å². The van der Waals surface area contributed by atoms with Gasteiger partial charge in [0.05, 0.1) is 5.69 Å². The highest BCUT2D eigenvalue weighted by Gasteiger charge is 2.36. The molecule has 1 heterocycles. The number of carbonyl (C=O) groups is 1. The molecule has 0 bridgehead atoms. The van der Waals surface area contributed by atoms with Gasteiger partial charge in [0.15, 0.2) is 5.78 Å². The van der Waals surface area contributed by atoms with Crippen LogP contribution in [0.1, 0.15) is 31.1 Å². The van der Waals surface area contributed by atoms with Gasteiger partial charge < -0.3 is 20.1 Å². The normalized spacial score (nSPS) is 17.7. The Hall–Kier alpha value is -1.53. The number of ether oxygens (including phenoxy) is 1. The zero-order valence-corrected chi connectivity index (χ0v) is 10.6. The Labute approximate surface area is 106 Å². The topological polar surface area (TPSA) is 78.8 Å². The van der Waals surface area contributed by atoms with Crippen molar-refractivity contribution in [3.8, 4) is 5.75 Å². The molecular formula is C12H16BNO4. The summed E-state index contributed by atoms with van der Waals surface area (Å²) in [4.78, 5) is 12.3. The quantitative estimate of drug-likeness (QED) is 0.539. The van der Waals surface area contributed by atoms with Crippen LogP contribution in [0.4, 0.5) is 5.69 Å². The molecule has 18 heavy (non-hydrogen) atoms. The molecule has 1 aromatic rings. The Kier molecular flexibility index (Phi) is 3.08. The van der Waals surface area contributed by atoms with E-state index in [1.165, 1.54) is 0 Å². The molecule has 5 nitrogen and oxygen atoms in total. The largest absolute Gasteiger partial charge is 0.517 e. The molecule has 1 atom stereocenters. The minimum Gasteiger partial charge on any atom is -0.470 e. The Morgan fingerprint density at radius 1 is 1.39 bits per heavy atom. The van der Waals surface area contributed by atoms with E-state index in [9.17, 15) is 4.79 Å². The van der Waals surface area contributed by atoms with Crippen molar-refractivity contribution in [3.63, 3.8) is 0 Å².